The van der Waals surface area contributed by atoms with E-state index in [1.807, 2.05) is 0 Å². The number of hydrogen-bond acceptors (Lipinski definition) is 5. The fourth-order valence-corrected chi connectivity index (χ4v) is 2.39. The van der Waals surface area contributed by atoms with E-state index >= 15 is 0 Å². The highest BCUT2D eigenvalue weighted by Gasteiger charge is 2.36. The van der Waals surface area contributed by atoms with Crippen LogP contribution in [0.15, 0.2) is 29.2 Å². The number of ether oxygens (including phenoxy) is 1. The molecule has 20 heavy (non-hydrogen) atoms. The second-order valence-corrected chi connectivity index (χ2v) is 4.86. The Kier molecular flexibility index (Phi) is 4.19. The van der Waals surface area contributed by atoms with Crippen molar-refractivity contribution in [2.24, 2.45) is 0 Å². The smallest absolute Gasteiger partial charge is 0.325 e. The van der Waals surface area contributed by atoms with Gasteiger partial charge in [-0.25, -0.2) is 4.39 Å². The number of halogens is 1. The van der Waals surface area contributed by atoms with Gasteiger partial charge < -0.3 is 4.74 Å². The maximum Gasteiger partial charge on any atom is 0.325 e. The number of hydrogen-bond donors (Lipinski definition) is 0. The number of esters is 1. The van der Waals surface area contributed by atoms with Crippen molar-refractivity contribution < 1.29 is 23.5 Å². The van der Waals surface area contributed by atoms with E-state index in [4.69, 9.17) is 0 Å². The maximum absolute atomic E-state index is 13.5. The lowest BCUT2D eigenvalue weighted by Gasteiger charge is -2.09. The minimum Gasteiger partial charge on any atom is -0.468 e. The molecule has 1 saturated heterocycles. The van der Waals surface area contributed by atoms with Crippen LogP contribution in [0.25, 0.3) is 6.08 Å². The average Bonchev–Trinajstić information content (AvgIpc) is 2.69. The molecule has 0 saturated carbocycles. The molecule has 0 bridgehead atoms. The molecule has 0 N–H and O–H groups in total. The van der Waals surface area contributed by atoms with Crippen LogP contribution >= 0.6 is 11.8 Å². The predicted molar refractivity (Wildman–Crippen MR) is 71.1 cm³/mol. The Labute approximate surface area is 118 Å². The van der Waals surface area contributed by atoms with E-state index in [9.17, 15) is 18.8 Å². The number of rotatable bonds is 3. The monoisotopic (exact) mass is 295 g/mol. The molecule has 2 amide bonds. The van der Waals surface area contributed by atoms with Crippen molar-refractivity contribution in [1.82, 2.24) is 4.90 Å². The van der Waals surface area contributed by atoms with Crippen LogP contribution in [0.4, 0.5) is 9.18 Å². The van der Waals surface area contributed by atoms with Gasteiger partial charge in [-0.05, 0) is 23.9 Å². The molecule has 1 heterocycles. The number of methoxy groups -OCH3 is 1. The number of nitrogens with zero attached hydrogens (tertiary/aromatic N) is 1. The summed E-state index contributed by atoms with van der Waals surface area (Å²) in [5.74, 6) is -1.82. The lowest BCUT2D eigenvalue weighted by molar-refractivity contribution is -0.143. The SMILES string of the molecule is COC(=O)CN1C(=O)S/C(=C\c2ccccc2F)C1=O. The Morgan fingerprint density at radius 2 is 2.10 bits per heavy atom. The highest BCUT2D eigenvalue weighted by Crippen LogP contribution is 2.32. The molecule has 1 aliphatic heterocycles. The van der Waals surface area contributed by atoms with Gasteiger partial charge in [-0.1, -0.05) is 18.2 Å². The topological polar surface area (TPSA) is 63.7 Å². The summed E-state index contributed by atoms with van der Waals surface area (Å²) >= 11 is 0.662. The summed E-state index contributed by atoms with van der Waals surface area (Å²) in [5, 5.41) is -0.581. The van der Waals surface area contributed by atoms with Crippen LogP contribution in [0.3, 0.4) is 0 Å². The lowest BCUT2D eigenvalue weighted by Crippen LogP contribution is -2.34. The first-order chi connectivity index (χ1) is 9.52. The third-order valence-electron chi connectivity index (χ3n) is 2.58. The Bertz CT molecular complexity index is 614. The molecule has 0 atom stereocenters. The minimum atomic E-state index is -0.695. The summed E-state index contributed by atoms with van der Waals surface area (Å²) in [5.41, 5.74) is 0.205. The van der Waals surface area contributed by atoms with Crippen LogP contribution in [-0.4, -0.2) is 35.7 Å². The molecule has 1 aliphatic rings. The third-order valence-corrected chi connectivity index (χ3v) is 3.49. The molecule has 1 aromatic carbocycles. The molecule has 0 aromatic heterocycles. The first-order valence-corrected chi connectivity index (χ1v) is 6.41. The molecule has 1 aromatic rings. The van der Waals surface area contributed by atoms with Crippen LogP contribution in [0.2, 0.25) is 0 Å². The van der Waals surface area contributed by atoms with E-state index in [-0.39, 0.29) is 10.5 Å². The van der Waals surface area contributed by atoms with Gasteiger partial charge in [-0.3, -0.25) is 19.3 Å². The number of imide groups is 1. The summed E-state index contributed by atoms with van der Waals surface area (Å²) in [6.45, 7) is -0.449. The van der Waals surface area contributed by atoms with Crippen LogP contribution < -0.4 is 0 Å². The Morgan fingerprint density at radius 1 is 1.40 bits per heavy atom. The normalized spacial score (nSPS) is 16.9. The molecule has 0 spiro atoms. The quantitative estimate of drug-likeness (QED) is 0.630. The van der Waals surface area contributed by atoms with Crippen molar-refractivity contribution in [3.8, 4) is 0 Å². The Morgan fingerprint density at radius 3 is 2.75 bits per heavy atom. The summed E-state index contributed by atoms with van der Waals surface area (Å²) in [6.07, 6.45) is 1.29. The Balaban J connectivity index is 2.24. The predicted octanol–water partition coefficient (Wildman–Crippen LogP) is 2.04. The minimum absolute atomic E-state index is 0.0732. The maximum atomic E-state index is 13.5. The first-order valence-electron chi connectivity index (χ1n) is 5.59. The fourth-order valence-electron chi connectivity index (χ4n) is 1.56. The van der Waals surface area contributed by atoms with Crippen LogP contribution in [0.5, 0.6) is 0 Å². The number of carbonyl (C=O) groups is 3. The molecule has 7 heteroatoms. The summed E-state index contributed by atoms with van der Waals surface area (Å²) in [4.78, 5) is 35.6. The molecule has 2 rings (SSSR count). The molecular weight excluding hydrogens is 285 g/mol. The van der Waals surface area contributed by atoms with Gasteiger partial charge in [0.2, 0.25) is 0 Å². The van der Waals surface area contributed by atoms with E-state index in [1.54, 1.807) is 6.07 Å². The van der Waals surface area contributed by atoms with Crippen molar-refractivity contribution in [2.75, 3.05) is 13.7 Å². The number of carbonyl (C=O) groups excluding carboxylic acids is 3. The average molecular weight is 295 g/mol. The van der Waals surface area contributed by atoms with Gasteiger partial charge in [-0.2, -0.15) is 0 Å². The van der Waals surface area contributed by atoms with E-state index in [1.165, 1.54) is 24.3 Å². The van der Waals surface area contributed by atoms with E-state index in [0.29, 0.717) is 11.8 Å². The molecule has 1 fully saturated rings. The van der Waals surface area contributed by atoms with Gasteiger partial charge in [-0.15, -0.1) is 0 Å². The van der Waals surface area contributed by atoms with E-state index in [2.05, 4.69) is 4.74 Å². The zero-order valence-electron chi connectivity index (χ0n) is 10.5. The molecule has 0 radical (unpaired) electrons. The lowest BCUT2D eigenvalue weighted by atomic mass is 10.2. The van der Waals surface area contributed by atoms with Crippen molar-refractivity contribution in [1.29, 1.82) is 0 Å². The van der Waals surface area contributed by atoms with Gasteiger partial charge in [0.15, 0.2) is 0 Å². The zero-order chi connectivity index (χ0) is 14.7. The van der Waals surface area contributed by atoms with Crippen molar-refractivity contribution in [3.63, 3.8) is 0 Å². The highest BCUT2D eigenvalue weighted by molar-refractivity contribution is 8.18. The fraction of sp³-hybridized carbons (Fsp3) is 0.154. The molecule has 0 aliphatic carbocycles. The second-order valence-electron chi connectivity index (χ2n) is 3.87. The zero-order valence-corrected chi connectivity index (χ0v) is 11.3. The number of thioether (sulfide) groups is 1. The van der Waals surface area contributed by atoms with Crippen molar-refractivity contribution >= 4 is 35.0 Å². The first kappa shape index (κ1) is 14.3. The molecular formula is C13H10FNO4S. The molecule has 5 nitrogen and oxygen atoms in total. The van der Waals surface area contributed by atoms with Crippen LogP contribution in [0, 0.1) is 5.82 Å². The molecule has 0 unspecified atom stereocenters. The van der Waals surface area contributed by atoms with Gasteiger partial charge in [0.25, 0.3) is 11.1 Å². The van der Waals surface area contributed by atoms with Gasteiger partial charge in [0.05, 0.1) is 12.0 Å². The van der Waals surface area contributed by atoms with Crippen LogP contribution in [0.1, 0.15) is 5.56 Å². The van der Waals surface area contributed by atoms with Gasteiger partial charge in [0, 0.05) is 5.56 Å². The van der Waals surface area contributed by atoms with Gasteiger partial charge >= 0.3 is 5.97 Å². The van der Waals surface area contributed by atoms with E-state index < -0.39 is 29.5 Å². The summed E-state index contributed by atoms with van der Waals surface area (Å²) in [6, 6.07) is 5.89. The summed E-state index contributed by atoms with van der Waals surface area (Å²) < 4.78 is 17.9. The highest BCUT2D eigenvalue weighted by atomic mass is 32.2. The standard InChI is InChI=1S/C13H10FNO4S/c1-19-11(16)7-15-12(17)10(20-13(15)18)6-8-4-2-3-5-9(8)14/h2-6H,7H2,1H3/b10-6-. The largest absolute Gasteiger partial charge is 0.468 e. The van der Waals surface area contributed by atoms with Crippen molar-refractivity contribution in [2.45, 2.75) is 0 Å². The second kappa shape index (κ2) is 5.87. The van der Waals surface area contributed by atoms with Gasteiger partial charge in [0.1, 0.15) is 12.4 Å². The van der Waals surface area contributed by atoms with Crippen LogP contribution in [-0.2, 0) is 14.3 Å². The number of benzene rings is 1. The van der Waals surface area contributed by atoms with E-state index in [0.717, 1.165) is 12.0 Å². The summed E-state index contributed by atoms with van der Waals surface area (Å²) in [7, 11) is 1.16. The molecule has 104 valence electrons. The third kappa shape index (κ3) is 2.88. The van der Waals surface area contributed by atoms with Crippen molar-refractivity contribution in [3.05, 3.63) is 40.6 Å². The Hall–Kier alpha value is -2.15. The number of amides is 2.